The molecule has 2 amide bonds. The molecular formula is C14H11BrCl2N2O3. The number of nitrogens with one attached hydrogen (secondary N) is 2. The highest BCUT2D eigenvalue weighted by Crippen LogP contribution is 2.22. The second-order valence-electron chi connectivity index (χ2n) is 4.24. The molecule has 0 fully saturated rings. The normalized spacial score (nSPS) is 10.3. The second kappa shape index (κ2) is 7.67. The highest BCUT2D eigenvalue weighted by atomic mass is 79.9. The molecule has 1 aromatic heterocycles. The quantitative estimate of drug-likeness (QED) is 0.747. The van der Waals surface area contributed by atoms with Crippen molar-refractivity contribution >= 4 is 50.9 Å². The van der Waals surface area contributed by atoms with E-state index in [-0.39, 0.29) is 30.7 Å². The summed E-state index contributed by atoms with van der Waals surface area (Å²) in [7, 11) is 0. The molecular weight excluding hydrogens is 395 g/mol. The van der Waals surface area contributed by atoms with Gasteiger partial charge in [0.25, 0.3) is 11.8 Å². The maximum atomic E-state index is 11.9. The summed E-state index contributed by atoms with van der Waals surface area (Å²) in [4.78, 5) is 23.6. The van der Waals surface area contributed by atoms with Crippen molar-refractivity contribution in [1.29, 1.82) is 0 Å². The van der Waals surface area contributed by atoms with Gasteiger partial charge in [0.05, 0.1) is 10.0 Å². The Labute approximate surface area is 145 Å². The van der Waals surface area contributed by atoms with E-state index in [0.29, 0.717) is 20.3 Å². The maximum Gasteiger partial charge on any atom is 0.287 e. The average Bonchev–Trinajstić information content (AvgIpc) is 2.92. The zero-order chi connectivity index (χ0) is 16.1. The first-order valence-electron chi connectivity index (χ1n) is 6.24. The predicted octanol–water partition coefficient (Wildman–Crippen LogP) is 3.51. The van der Waals surface area contributed by atoms with Crippen molar-refractivity contribution in [3.05, 3.63) is 56.4 Å². The number of halogens is 3. The van der Waals surface area contributed by atoms with Gasteiger partial charge in [0.2, 0.25) is 0 Å². The molecule has 2 aromatic rings. The first kappa shape index (κ1) is 16.9. The standard InChI is InChI=1S/C14H11BrCl2N2O3/c15-12-4-3-11(22-12)14(21)19-6-5-18-13(20)8-1-2-9(16)10(17)7-8/h1-4,7H,5-6H2,(H,18,20)(H,19,21). The Morgan fingerprint density at radius 2 is 1.68 bits per heavy atom. The van der Waals surface area contributed by atoms with Crippen LogP contribution in [0.15, 0.2) is 39.4 Å². The van der Waals surface area contributed by atoms with E-state index in [1.807, 2.05) is 0 Å². The van der Waals surface area contributed by atoms with E-state index < -0.39 is 0 Å². The van der Waals surface area contributed by atoms with E-state index in [1.54, 1.807) is 24.3 Å². The van der Waals surface area contributed by atoms with Crippen LogP contribution < -0.4 is 10.6 Å². The van der Waals surface area contributed by atoms with Crippen LogP contribution in [0.5, 0.6) is 0 Å². The van der Waals surface area contributed by atoms with E-state index in [9.17, 15) is 9.59 Å². The number of benzene rings is 1. The van der Waals surface area contributed by atoms with Crippen molar-refractivity contribution in [2.75, 3.05) is 13.1 Å². The van der Waals surface area contributed by atoms with Crippen molar-refractivity contribution in [2.45, 2.75) is 0 Å². The minimum absolute atomic E-state index is 0.197. The van der Waals surface area contributed by atoms with E-state index >= 15 is 0 Å². The molecule has 0 aliphatic heterocycles. The van der Waals surface area contributed by atoms with Crippen LogP contribution in [0.4, 0.5) is 0 Å². The van der Waals surface area contributed by atoms with Crippen LogP contribution in [-0.4, -0.2) is 24.9 Å². The molecule has 0 atom stereocenters. The fourth-order valence-electron chi connectivity index (χ4n) is 1.61. The van der Waals surface area contributed by atoms with Gasteiger partial charge in [-0.1, -0.05) is 23.2 Å². The lowest BCUT2D eigenvalue weighted by Gasteiger charge is -2.07. The molecule has 2 rings (SSSR count). The summed E-state index contributed by atoms with van der Waals surface area (Å²) in [6.45, 7) is 0.539. The van der Waals surface area contributed by atoms with E-state index in [2.05, 4.69) is 26.6 Å². The molecule has 22 heavy (non-hydrogen) atoms. The number of amides is 2. The number of carbonyl (C=O) groups excluding carboxylic acids is 2. The van der Waals surface area contributed by atoms with Crippen LogP contribution in [0, 0.1) is 0 Å². The van der Waals surface area contributed by atoms with Gasteiger partial charge < -0.3 is 15.1 Å². The Hall–Kier alpha value is -1.50. The van der Waals surface area contributed by atoms with Crippen molar-refractivity contribution in [3.8, 4) is 0 Å². The van der Waals surface area contributed by atoms with E-state index in [4.69, 9.17) is 27.6 Å². The highest BCUT2D eigenvalue weighted by molar-refractivity contribution is 9.10. The minimum atomic E-state index is -0.352. The summed E-state index contributed by atoms with van der Waals surface area (Å²) in [6.07, 6.45) is 0. The molecule has 0 aliphatic carbocycles. The van der Waals surface area contributed by atoms with Gasteiger partial charge in [-0.15, -0.1) is 0 Å². The average molecular weight is 406 g/mol. The number of rotatable bonds is 5. The molecule has 1 aromatic carbocycles. The molecule has 0 unspecified atom stereocenters. The van der Waals surface area contributed by atoms with Crippen LogP contribution in [0.1, 0.15) is 20.9 Å². The van der Waals surface area contributed by atoms with Gasteiger partial charge in [-0.25, -0.2) is 0 Å². The Balaban J connectivity index is 1.77. The van der Waals surface area contributed by atoms with Crippen LogP contribution in [0.3, 0.4) is 0 Å². The molecule has 116 valence electrons. The number of hydrogen-bond donors (Lipinski definition) is 2. The lowest BCUT2D eigenvalue weighted by Crippen LogP contribution is -2.34. The van der Waals surface area contributed by atoms with Crippen molar-refractivity contribution in [1.82, 2.24) is 10.6 Å². The lowest BCUT2D eigenvalue weighted by molar-refractivity contribution is 0.0909. The Bertz CT molecular complexity index is 703. The topological polar surface area (TPSA) is 71.3 Å². The zero-order valence-electron chi connectivity index (χ0n) is 11.2. The first-order chi connectivity index (χ1) is 10.5. The van der Waals surface area contributed by atoms with Gasteiger partial charge in [0, 0.05) is 18.7 Å². The summed E-state index contributed by atoms with van der Waals surface area (Å²) in [5, 5.41) is 5.98. The summed E-state index contributed by atoms with van der Waals surface area (Å²) >= 11 is 14.7. The van der Waals surface area contributed by atoms with Gasteiger partial charge in [0.15, 0.2) is 10.4 Å². The van der Waals surface area contributed by atoms with Crippen LogP contribution in [-0.2, 0) is 0 Å². The molecule has 0 radical (unpaired) electrons. The number of hydrogen-bond acceptors (Lipinski definition) is 3. The monoisotopic (exact) mass is 404 g/mol. The molecule has 0 aliphatic rings. The largest absolute Gasteiger partial charge is 0.444 e. The summed E-state index contributed by atoms with van der Waals surface area (Å²) < 4.78 is 5.58. The third kappa shape index (κ3) is 4.50. The highest BCUT2D eigenvalue weighted by Gasteiger charge is 2.10. The van der Waals surface area contributed by atoms with Crippen molar-refractivity contribution in [2.24, 2.45) is 0 Å². The van der Waals surface area contributed by atoms with Crippen LogP contribution in [0.25, 0.3) is 0 Å². The Morgan fingerprint density at radius 3 is 2.27 bits per heavy atom. The van der Waals surface area contributed by atoms with Crippen LogP contribution in [0.2, 0.25) is 10.0 Å². The van der Waals surface area contributed by atoms with Crippen molar-refractivity contribution in [3.63, 3.8) is 0 Å². The molecule has 2 N–H and O–H groups in total. The molecule has 0 saturated carbocycles. The number of furan rings is 1. The molecule has 0 spiro atoms. The molecule has 1 heterocycles. The first-order valence-corrected chi connectivity index (χ1v) is 7.79. The second-order valence-corrected chi connectivity index (χ2v) is 5.84. The Morgan fingerprint density at radius 1 is 1.00 bits per heavy atom. The lowest BCUT2D eigenvalue weighted by atomic mass is 10.2. The van der Waals surface area contributed by atoms with Crippen LogP contribution >= 0.6 is 39.1 Å². The Kier molecular flexibility index (Phi) is 5.88. The molecule has 0 bridgehead atoms. The minimum Gasteiger partial charge on any atom is -0.444 e. The molecule has 5 nitrogen and oxygen atoms in total. The summed E-state index contributed by atoms with van der Waals surface area (Å²) in [6, 6.07) is 7.78. The zero-order valence-corrected chi connectivity index (χ0v) is 14.3. The summed E-state index contributed by atoms with van der Waals surface area (Å²) in [5.41, 5.74) is 0.399. The van der Waals surface area contributed by atoms with Crippen molar-refractivity contribution < 1.29 is 14.0 Å². The molecule has 0 saturated heterocycles. The summed E-state index contributed by atoms with van der Waals surface area (Å²) in [5.74, 6) is -0.453. The number of carbonyl (C=O) groups is 2. The maximum absolute atomic E-state index is 11.9. The van der Waals surface area contributed by atoms with Gasteiger partial charge in [-0.2, -0.15) is 0 Å². The molecule has 8 heteroatoms. The van der Waals surface area contributed by atoms with E-state index in [0.717, 1.165) is 0 Å². The predicted molar refractivity (Wildman–Crippen MR) is 87.5 cm³/mol. The fraction of sp³-hybridized carbons (Fsp3) is 0.143. The third-order valence-corrected chi connectivity index (χ3v) is 3.84. The van der Waals surface area contributed by atoms with Gasteiger partial charge in [-0.3, -0.25) is 9.59 Å². The third-order valence-electron chi connectivity index (χ3n) is 2.67. The van der Waals surface area contributed by atoms with Gasteiger partial charge in [-0.05, 0) is 46.3 Å². The smallest absolute Gasteiger partial charge is 0.287 e. The van der Waals surface area contributed by atoms with Gasteiger partial charge in [0.1, 0.15) is 0 Å². The SMILES string of the molecule is O=C(NCCNC(=O)c1ccc(Br)o1)c1ccc(Cl)c(Cl)c1. The van der Waals surface area contributed by atoms with E-state index in [1.165, 1.54) is 6.07 Å². The fourth-order valence-corrected chi connectivity index (χ4v) is 2.22. The van der Waals surface area contributed by atoms with Gasteiger partial charge >= 0.3 is 0 Å².